The summed E-state index contributed by atoms with van der Waals surface area (Å²) in [5.41, 5.74) is 1.29. The molecule has 106 valence electrons. The number of aromatic carboxylic acids is 1. The van der Waals surface area contributed by atoms with Gasteiger partial charge in [-0.25, -0.2) is 4.79 Å². The summed E-state index contributed by atoms with van der Waals surface area (Å²) < 4.78 is 10.3. The minimum atomic E-state index is -0.979. The van der Waals surface area contributed by atoms with E-state index in [0.29, 0.717) is 12.3 Å². The highest BCUT2D eigenvalue weighted by molar-refractivity contribution is 5.88. The number of nitrogens with one attached hydrogen (secondary N) is 1. The number of rotatable bonds is 6. The number of ether oxygens (including phenoxy) is 1. The summed E-state index contributed by atoms with van der Waals surface area (Å²) in [4.78, 5) is 11.0. The first kappa shape index (κ1) is 14.1. The first-order chi connectivity index (χ1) is 9.61. The van der Waals surface area contributed by atoms with Gasteiger partial charge < -0.3 is 19.6 Å². The van der Waals surface area contributed by atoms with E-state index in [1.807, 2.05) is 31.2 Å². The summed E-state index contributed by atoms with van der Waals surface area (Å²) >= 11 is 0. The van der Waals surface area contributed by atoms with Crippen molar-refractivity contribution >= 4 is 5.97 Å². The van der Waals surface area contributed by atoms with Crippen LogP contribution >= 0.6 is 0 Å². The fourth-order valence-corrected chi connectivity index (χ4v) is 1.92. The average Bonchev–Trinajstić information content (AvgIpc) is 2.93. The number of benzene rings is 1. The second-order valence-electron chi connectivity index (χ2n) is 4.44. The van der Waals surface area contributed by atoms with Gasteiger partial charge in [0.1, 0.15) is 17.1 Å². The van der Waals surface area contributed by atoms with E-state index in [1.165, 1.54) is 12.3 Å². The molecule has 20 heavy (non-hydrogen) atoms. The first-order valence-electron chi connectivity index (χ1n) is 6.29. The van der Waals surface area contributed by atoms with Gasteiger partial charge in [-0.3, -0.25) is 0 Å². The Morgan fingerprint density at radius 2 is 2.05 bits per heavy atom. The van der Waals surface area contributed by atoms with Crippen LogP contribution in [0.15, 0.2) is 41.0 Å². The molecule has 0 aliphatic rings. The van der Waals surface area contributed by atoms with Crippen molar-refractivity contribution in [2.45, 2.75) is 19.5 Å². The predicted molar refractivity (Wildman–Crippen MR) is 73.9 cm³/mol. The molecule has 0 bridgehead atoms. The molecule has 2 rings (SSSR count). The third-order valence-electron chi connectivity index (χ3n) is 3.16. The van der Waals surface area contributed by atoms with Crippen molar-refractivity contribution in [1.29, 1.82) is 0 Å². The number of hydrogen-bond donors (Lipinski definition) is 2. The molecule has 0 saturated carbocycles. The topological polar surface area (TPSA) is 71.7 Å². The number of carbonyl (C=O) groups is 1. The van der Waals surface area contributed by atoms with Crippen molar-refractivity contribution < 1.29 is 19.1 Å². The Morgan fingerprint density at radius 3 is 2.65 bits per heavy atom. The Hall–Kier alpha value is -2.27. The number of carboxylic acid groups (broad SMARTS) is 1. The quantitative estimate of drug-likeness (QED) is 0.848. The fourth-order valence-electron chi connectivity index (χ4n) is 1.92. The molecule has 1 aromatic heterocycles. The molecular formula is C15H17NO4. The maximum atomic E-state index is 11.0. The molecule has 5 heteroatoms. The van der Waals surface area contributed by atoms with Gasteiger partial charge >= 0.3 is 5.97 Å². The number of hydrogen-bond acceptors (Lipinski definition) is 4. The molecule has 0 aliphatic carbocycles. The van der Waals surface area contributed by atoms with Crippen LogP contribution in [-0.2, 0) is 6.54 Å². The van der Waals surface area contributed by atoms with E-state index >= 15 is 0 Å². The molecule has 5 nitrogen and oxygen atoms in total. The number of methoxy groups -OCH3 is 1. The summed E-state index contributed by atoms with van der Waals surface area (Å²) in [5, 5.41) is 12.2. The molecule has 1 aromatic carbocycles. The van der Waals surface area contributed by atoms with Crippen molar-refractivity contribution in [2.24, 2.45) is 0 Å². The van der Waals surface area contributed by atoms with E-state index in [1.54, 1.807) is 7.11 Å². The standard InChI is InChI=1S/C15H17NO4/c1-10(11-3-5-12(19-2)6-4-11)16-9-14-13(15(17)18)7-8-20-14/h3-8,10,16H,9H2,1-2H3,(H,17,18)/t10-/m0/s1. The monoisotopic (exact) mass is 275 g/mol. The highest BCUT2D eigenvalue weighted by Crippen LogP contribution is 2.18. The summed E-state index contributed by atoms with van der Waals surface area (Å²) in [6.07, 6.45) is 1.39. The second-order valence-corrected chi connectivity index (χ2v) is 4.44. The van der Waals surface area contributed by atoms with E-state index in [4.69, 9.17) is 14.3 Å². The summed E-state index contributed by atoms with van der Waals surface area (Å²) in [5.74, 6) is 0.255. The van der Waals surface area contributed by atoms with Crippen molar-refractivity contribution in [2.75, 3.05) is 7.11 Å². The Bertz CT molecular complexity index is 574. The lowest BCUT2D eigenvalue weighted by Crippen LogP contribution is -2.19. The highest BCUT2D eigenvalue weighted by atomic mass is 16.5. The van der Waals surface area contributed by atoms with Gasteiger partial charge in [0.25, 0.3) is 0 Å². The summed E-state index contributed by atoms with van der Waals surface area (Å²) in [6.45, 7) is 2.37. The van der Waals surface area contributed by atoms with Crippen LogP contribution in [-0.4, -0.2) is 18.2 Å². The fraction of sp³-hybridized carbons (Fsp3) is 0.267. The minimum Gasteiger partial charge on any atom is -0.497 e. The van der Waals surface area contributed by atoms with Crippen molar-refractivity contribution in [3.63, 3.8) is 0 Å². The molecule has 0 amide bonds. The van der Waals surface area contributed by atoms with Crippen molar-refractivity contribution in [1.82, 2.24) is 5.32 Å². The van der Waals surface area contributed by atoms with Gasteiger partial charge in [-0.15, -0.1) is 0 Å². The van der Waals surface area contributed by atoms with Crippen molar-refractivity contribution in [3.8, 4) is 5.75 Å². The van der Waals surface area contributed by atoms with Crippen LogP contribution in [0.4, 0.5) is 0 Å². The molecule has 2 N–H and O–H groups in total. The molecule has 0 radical (unpaired) electrons. The highest BCUT2D eigenvalue weighted by Gasteiger charge is 2.14. The van der Waals surface area contributed by atoms with Crippen LogP contribution in [0.25, 0.3) is 0 Å². The smallest absolute Gasteiger partial charge is 0.339 e. The van der Waals surface area contributed by atoms with Crippen LogP contribution in [0, 0.1) is 0 Å². The van der Waals surface area contributed by atoms with E-state index in [9.17, 15) is 4.79 Å². The van der Waals surface area contributed by atoms with Gasteiger partial charge in [0.05, 0.1) is 19.9 Å². The lowest BCUT2D eigenvalue weighted by Gasteiger charge is -2.14. The molecule has 1 heterocycles. The molecule has 0 unspecified atom stereocenters. The Balaban J connectivity index is 1.99. The zero-order chi connectivity index (χ0) is 14.5. The van der Waals surface area contributed by atoms with Crippen LogP contribution < -0.4 is 10.1 Å². The van der Waals surface area contributed by atoms with E-state index in [-0.39, 0.29) is 11.6 Å². The van der Waals surface area contributed by atoms with E-state index < -0.39 is 5.97 Å². The van der Waals surface area contributed by atoms with Crippen molar-refractivity contribution in [3.05, 3.63) is 53.5 Å². The maximum absolute atomic E-state index is 11.0. The maximum Gasteiger partial charge on any atom is 0.339 e. The van der Waals surface area contributed by atoms with Gasteiger partial charge in [0, 0.05) is 6.04 Å². The van der Waals surface area contributed by atoms with Gasteiger partial charge in [0.15, 0.2) is 0 Å². The Morgan fingerprint density at radius 1 is 1.35 bits per heavy atom. The lowest BCUT2D eigenvalue weighted by atomic mass is 10.1. The molecule has 0 saturated heterocycles. The third kappa shape index (κ3) is 3.19. The molecule has 0 aliphatic heterocycles. The van der Waals surface area contributed by atoms with Crippen LogP contribution in [0.2, 0.25) is 0 Å². The normalized spacial score (nSPS) is 12.1. The zero-order valence-corrected chi connectivity index (χ0v) is 11.4. The van der Waals surface area contributed by atoms with Crippen LogP contribution in [0.5, 0.6) is 5.75 Å². The van der Waals surface area contributed by atoms with Gasteiger partial charge in [-0.05, 0) is 30.7 Å². The summed E-state index contributed by atoms with van der Waals surface area (Å²) in [6, 6.07) is 9.25. The van der Waals surface area contributed by atoms with Gasteiger partial charge in [-0.1, -0.05) is 12.1 Å². The number of furan rings is 1. The predicted octanol–water partition coefficient (Wildman–Crippen LogP) is 2.84. The van der Waals surface area contributed by atoms with Gasteiger partial charge in [0.2, 0.25) is 0 Å². The number of carboxylic acids is 1. The molecular weight excluding hydrogens is 258 g/mol. The Kier molecular flexibility index (Phi) is 4.42. The first-order valence-corrected chi connectivity index (χ1v) is 6.29. The van der Waals surface area contributed by atoms with E-state index in [0.717, 1.165) is 11.3 Å². The molecule has 2 aromatic rings. The van der Waals surface area contributed by atoms with Crippen LogP contribution in [0.1, 0.15) is 34.6 Å². The molecule has 0 fully saturated rings. The minimum absolute atomic E-state index is 0.0765. The third-order valence-corrected chi connectivity index (χ3v) is 3.16. The SMILES string of the molecule is COc1ccc([C@H](C)NCc2occc2C(=O)O)cc1. The molecule has 1 atom stereocenters. The van der Waals surface area contributed by atoms with Gasteiger partial charge in [-0.2, -0.15) is 0 Å². The largest absolute Gasteiger partial charge is 0.497 e. The summed E-state index contributed by atoms with van der Waals surface area (Å²) in [7, 11) is 1.63. The molecule has 0 spiro atoms. The zero-order valence-electron chi connectivity index (χ0n) is 11.4. The Labute approximate surface area is 117 Å². The second kappa shape index (κ2) is 6.25. The van der Waals surface area contributed by atoms with Crippen LogP contribution in [0.3, 0.4) is 0 Å². The lowest BCUT2D eigenvalue weighted by molar-refractivity contribution is 0.0694. The average molecular weight is 275 g/mol. The van der Waals surface area contributed by atoms with E-state index in [2.05, 4.69) is 5.32 Å².